The summed E-state index contributed by atoms with van der Waals surface area (Å²) in [5, 5.41) is 12.5. The summed E-state index contributed by atoms with van der Waals surface area (Å²) in [7, 11) is 3.80. The Morgan fingerprint density at radius 1 is 1.50 bits per heavy atom. The van der Waals surface area contributed by atoms with Crippen molar-refractivity contribution in [2.45, 2.75) is 25.9 Å². The maximum absolute atomic E-state index is 11.7. The van der Waals surface area contributed by atoms with Crippen molar-refractivity contribution in [1.82, 2.24) is 0 Å². The van der Waals surface area contributed by atoms with E-state index in [0.29, 0.717) is 17.1 Å². The Hall–Kier alpha value is -1.26. The van der Waals surface area contributed by atoms with E-state index in [1.54, 1.807) is 19.1 Å². The number of nitrogens with one attached hydrogen (secondary N) is 1. The van der Waals surface area contributed by atoms with Crippen LogP contribution in [-0.2, 0) is 4.79 Å². The van der Waals surface area contributed by atoms with Crippen LogP contribution in [0.4, 0.5) is 11.4 Å². The van der Waals surface area contributed by atoms with Crippen molar-refractivity contribution in [2.24, 2.45) is 0 Å². The van der Waals surface area contributed by atoms with Crippen molar-refractivity contribution in [3.63, 3.8) is 0 Å². The molecule has 0 spiro atoms. The Labute approximate surface area is 113 Å². The number of halogens is 1. The normalized spacial score (nSPS) is 12.1. The van der Waals surface area contributed by atoms with Gasteiger partial charge < -0.3 is 15.3 Å². The van der Waals surface area contributed by atoms with Gasteiger partial charge in [-0.1, -0.05) is 11.6 Å². The number of aliphatic hydroxyl groups excluding tert-OH is 1. The molecule has 0 aliphatic carbocycles. The molecule has 18 heavy (non-hydrogen) atoms. The lowest BCUT2D eigenvalue weighted by atomic mass is 10.2. The highest BCUT2D eigenvalue weighted by molar-refractivity contribution is 6.31. The van der Waals surface area contributed by atoms with E-state index in [2.05, 4.69) is 5.32 Å². The van der Waals surface area contributed by atoms with Gasteiger partial charge in [-0.25, -0.2) is 0 Å². The number of nitrogens with zero attached hydrogens (tertiary/aromatic N) is 1. The molecule has 0 saturated heterocycles. The number of anilines is 2. The third kappa shape index (κ3) is 4.55. The number of rotatable bonds is 5. The molecule has 0 aliphatic rings. The van der Waals surface area contributed by atoms with Crippen LogP contribution in [0.3, 0.4) is 0 Å². The van der Waals surface area contributed by atoms with Gasteiger partial charge in [0.15, 0.2) is 0 Å². The molecule has 1 amide bonds. The molecule has 0 heterocycles. The van der Waals surface area contributed by atoms with E-state index in [0.717, 1.165) is 5.69 Å². The fraction of sp³-hybridized carbons (Fsp3) is 0.462. The molecule has 1 aromatic rings. The molecule has 4 nitrogen and oxygen atoms in total. The van der Waals surface area contributed by atoms with Crippen molar-refractivity contribution in [1.29, 1.82) is 0 Å². The van der Waals surface area contributed by atoms with Crippen molar-refractivity contribution in [3.05, 3.63) is 23.2 Å². The highest BCUT2D eigenvalue weighted by Crippen LogP contribution is 2.27. The summed E-state index contributed by atoms with van der Waals surface area (Å²) in [6.45, 7) is 1.66. The Kier molecular flexibility index (Phi) is 5.44. The standard InChI is InChI=1S/C13H19ClN2O2/c1-9(17)4-7-13(18)15-11-8-10(14)5-6-12(11)16(2)3/h5-6,8-9,17H,4,7H2,1-3H3,(H,15,18). The predicted molar refractivity (Wildman–Crippen MR) is 75.3 cm³/mol. The van der Waals surface area contributed by atoms with Crippen LogP contribution < -0.4 is 10.2 Å². The zero-order chi connectivity index (χ0) is 13.7. The number of carbonyl (C=O) groups is 1. The van der Waals surface area contributed by atoms with Crippen LogP contribution in [0.5, 0.6) is 0 Å². The van der Waals surface area contributed by atoms with E-state index in [-0.39, 0.29) is 12.3 Å². The lowest BCUT2D eigenvalue weighted by molar-refractivity contribution is -0.116. The first-order chi connectivity index (χ1) is 8.40. The fourth-order valence-electron chi connectivity index (χ4n) is 1.55. The van der Waals surface area contributed by atoms with Crippen molar-refractivity contribution < 1.29 is 9.90 Å². The largest absolute Gasteiger partial charge is 0.393 e. The van der Waals surface area contributed by atoms with E-state index < -0.39 is 6.10 Å². The number of hydrogen-bond donors (Lipinski definition) is 2. The monoisotopic (exact) mass is 270 g/mol. The molecule has 1 rings (SSSR count). The smallest absolute Gasteiger partial charge is 0.224 e. The van der Waals surface area contributed by atoms with Gasteiger partial charge in [-0.15, -0.1) is 0 Å². The number of amides is 1. The van der Waals surface area contributed by atoms with Crippen LogP contribution in [0, 0.1) is 0 Å². The molecule has 5 heteroatoms. The summed E-state index contributed by atoms with van der Waals surface area (Å²) in [5.41, 5.74) is 1.58. The van der Waals surface area contributed by atoms with Gasteiger partial charge in [0.2, 0.25) is 5.91 Å². The van der Waals surface area contributed by atoms with Crippen LogP contribution in [0.2, 0.25) is 5.02 Å². The summed E-state index contributed by atoms with van der Waals surface area (Å²) in [6.07, 6.45) is 0.268. The summed E-state index contributed by atoms with van der Waals surface area (Å²) < 4.78 is 0. The molecular formula is C13H19ClN2O2. The van der Waals surface area contributed by atoms with Gasteiger partial charge in [0.05, 0.1) is 17.5 Å². The minimum absolute atomic E-state index is 0.124. The Morgan fingerprint density at radius 3 is 2.72 bits per heavy atom. The first-order valence-corrected chi connectivity index (χ1v) is 6.22. The van der Waals surface area contributed by atoms with Crippen LogP contribution in [0.25, 0.3) is 0 Å². The maximum Gasteiger partial charge on any atom is 0.224 e. The summed E-state index contributed by atoms with van der Waals surface area (Å²) >= 11 is 5.92. The molecular weight excluding hydrogens is 252 g/mol. The molecule has 0 saturated carbocycles. The van der Waals surface area contributed by atoms with Gasteiger partial charge in [0, 0.05) is 25.5 Å². The SMILES string of the molecule is CC(O)CCC(=O)Nc1cc(Cl)ccc1N(C)C. The first kappa shape index (κ1) is 14.8. The quantitative estimate of drug-likeness (QED) is 0.864. The Morgan fingerprint density at radius 2 is 2.17 bits per heavy atom. The third-order valence-electron chi connectivity index (χ3n) is 2.50. The first-order valence-electron chi connectivity index (χ1n) is 5.85. The van der Waals surface area contributed by atoms with E-state index in [1.165, 1.54) is 0 Å². The second-order valence-electron chi connectivity index (χ2n) is 4.49. The molecule has 0 fully saturated rings. The molecule has 0 aromatic heterocycles. The van der Waals surface area contributed by atoms with Gasteiger partial charge >= 0.3 is 0 Å². The summed E-state index contributed by atoms with van der Waals surface area (Å²) in [5.74, 6) is -0.124. The van der Waals surface area contributed by atoms with Crippen LogP contribution >= 0.6 is 11.6 Å². The van der Waals surface area contributed by atoms with Gasteiger partial charge in [-0.2, -0.15) is 0 Å². The molecule has 1 aromatic carbocycles. The molecule has 0 radical (unpaired) electrons. The highest BCUT2D eigenvalue weighted by Gasteiger charge is 2.10. The van der Waals surface area contributed by atoms with E-state index in [9.17, 15) is 4.79 Å². The van der Waals surface area contributed by atoms with Gasteiger partial charge in [0.1, 0.15) is 0 Å². The van der Waals surface area contributed by atoms with Crippen molar-refractivity contribution >= 4 is 28.9 Å². The predicted octanol–water partition coefficient (Wildman–Crippen LogP) is 2.51. The van der Waals surface area contributed by atoms with Crippen molar-refractivity contribution in [3.8, 4) is 0 Å². The number of hydrogen-bond acceptors (Lipinski definition) is 3. The molecule has 0 bridgehead atoms. The molecule has 100 valence electrons. The third-order valence-corrected chi connectivity index (χ3v) is 2.74. The van der Waals surface area contributed by atoms with Crippen LogP contribution in [-0.4, -0.2) is 31.2 Å². The highest BCUT2D eigenvalue weighted by atomic mass is 35.5. The van der Waals surface area contributed by atoms with Gasteiger partial charge in [-0.3, -0.25) is 4.79 Å². The van der Waals surface area contributed by atoms with Crippen LogP contribution in [0.1, 0.15) is 19.8 Å². The molecule has 2 N–H and O–H groups in total. The second kappa shape index (κ2) is 6.61. The molecule has 1 unspecified atom stereocenters. The summed E-state index contributed by atoms with van der Waals surface area (Å²) in [6, 6.07) is 5.35. The number of benzene rings is 1. The zero-order valence-electron chi connectivity index (χ0n) is 10.9. The zero-order valence-corrected chi connectivity index (χ0v) is 11.7. The number of aliphatic hydroxyl groups is 1. The van der Waals surface area contributed by atoms with E-state index in [4.69, 9.17) is 16.7 Å². The minimum Gasteiger partial charge on any atom is -0.393 e. The lowest BCUT2D eigenvalue weighted by Crippen LogP contribution is -2.17. The minimum atomic E-state index is -0.469. The van der Waals surface area contributed by atoms with E-state index >= 15 is 0 Å². The Balaban J connectivity index is 2.76. The maximum atomic E-state index is 11.7. The number of carbonyl (C=O) groups excluding carboxylic acids is 1. The van der Waals surface area contributed by atoms with Crippen molar-refractivity contribution in [2.75, 3.05) is 24.3 Å². The average Bonchev–Trinajstić information content (AvgIpc) is 2.26. The van der Waals surface area contributed by atoms with E-state index in [1.807, 2.05) is 25.1 Å². The van der Waals surface area contributed by atoms with Gasteiger partial charge in [-0.05, 0) is 31.5 Å². The summed E-state index contributed by atoms with van der Waals surface area (Å²) in [4.78, 5) is 13.6. The second-order valence-corrected chi connectivity index (χ2v) is 4.93. The Bertz CT molecular complexity index is 419. The average molecular weight is 271 g/mol. The fourth-order valence-corrected chi connectivity index (χ4v) is 1.72. The van der Waals surface area contributed by atoms with Crippen LogP contribution in [0.15, 0.2) is 18.2 Å². The van der Waals surface area contributed by atoms with Gasteiger partial charge in [0.25, 0.3) is 0 Å². The molecule has 0 aliphatic heterocycles. The molecule has 1 atom stereocenters. The topological polar surface area (TPSA) is 52.6 Å². The lowest BCUT2D eigenvalue weighted by Gasteiger charge is -2.18.